The van der Waals surface area contributed by atoms with E-state index in [-0.39, 0.29) is 12.5 Å². The van der Waals surface area contributed by atoms with Crippen molar-refractivity contribution >= 4 is 27.5 Å². The molecule has 0 aliphatic carbocycles. The Balaban J connectivity index is 2.39. The first kappa shape index (κ1) is 10.6. The maximum absolute atomic E-state index is 11.6. The maximum Gasteiger partial charge on any atom is 0.227 e. The van der Waals surface area contributed by atoms with Gasteiger partial charge < -0.3 is 10.0 Å². The first-order chi connectivity index (χ1) is 7.22. The Morgan fingerprint density at radius 3 is 2.93 bits per heavy atom. The van der Waals surface area contributed by atoms with Gasteiger partial charge in [0, 0.05) is 23.1 Å². The molecule has 0 bridgehead atoms. The zero-order chi connectivity index (χ0) is 10.8. The number of hydrogen-bond acceptors (Lipinski definition) is 2. The lowest BCUT2D eigenvalue weighted by atomic mass is 10.0. The molecule has 1 heterocycles. The molecule has 0 radical (unpaired) electrons. The van der Waals surface area contributed by atoms with Crippen LogP contribution in [0.1, 0.15) is 12.0 Å². The van der Waals surface area contributed by atoms with Crippen molar-refractivity contribution in [3.8, 4) is 0 Å². The SMILES string of the molecule is O=C1CCc2cc(Br)ccc2N1CCO. The van der Waals surface area contributed by atoms with Crippen LogP contribution in [0.2, 0.25) is 0 Å². The number of amides is 1. The Labute approximate surface area is 96.8 Å². The average Bonchev–Trinajstić information content (AvgIpc) is 2.22. The minimum atomic E-state index is 0.00123. The minimum absolute atomic E-state index is 0.00123. The summed E-state index contributed by atoms with van der Waals surface area (Å²) in [7, 11) is 0. The highest BCUT2D eigenvalue weighted by atomic mass is 79.9. The van der Waals surface area contributed by atoms with Gasteiger partial charge in [0.05, 0.1) is 6.61 Å². The van der Waals surface area contributed by atoms with E-state index in [1.807, 2.05) is 18.2 Å². The number of nitrogens with zero attached hydrogens (tertiary/aromatic N) is 1. The van der Waals surface area contributed by atoms with E-state index in [1.54, 1.807) is 4.90 Å². The number of halogens is 1. The fourth-order valence-corrected chi connectivity index (χ4v) is 2.28. The summed E-state index contributed by atoms with van der Waals surface area (Å²) in [4.78, 5) is 13.3. The van der Waals surface area contributed by atoms with Crippen molar-refractivity contribution in [1.29, 1.82) is 0 Å². The van der Waals surface area contributed by atoms with Crippen molar-refractivity contribution in [2.75, 3.05) is 18.1 Å². The van der Waals surface area contributed by atoms with Crippen molar-refractivity contribution < 1.29 is 9.90 Å². The number of carbonyl (C=O) groups is 1. The van der Waals surface area contributed by atoms with Crippen LogP contribution < -0.4 is 4.90 Å². The Morgan fingerprint density at radius 1 is 1.40 bits per heavy atom. The standard InChI is InChI=1S/C11H12BrNO2/c12-9-2-3-10-8(7-9)1-4-11(15)13(10)5-6-14/h2-3,7,14H,1,4-6H2. The van der Waals surface area contributed by atoms with Crippen molar-refractivity contribution in [2.45, 2.75) is 12.8 Å². The Morgan fingerprint density at radius 2 is 2.20 bits per heavy atom. The molecule has 4 heteroatoms. The number of aliphatic hydroxyl groups excluding tert-OH is 1. The third-order valence-corrected chi connectivity index (χ3v) is 3.06. The molecule has 80 valence electrons. The van der Waals surface area contributed by atoms with E-state index in [9.17, 15) is 4.79 Å². The van der Waals surface area contributed by atoms with E-state index in [1.165, 1.54) is 0 Å². The Kier molecular flexibility index (Phi) is 3.07. The Bertz CT molecular complexity index is 392. The van der Waals surface area contributed by atoms with E-state index in [0.717, 1.165) is 22.1 Å². The highest BCUT2D eigenvalue weighted by Gasteiger charge is 2.23. The lowest BCUT2D eigenvalue weighted by Crippen LogP contribution is -2.37. The topological polar surface area (TPSA) is 40.5 Å². The predicted molar refractivity (Wildman–Crippen MR) is 61.9 cm³/mol. The number of rotatable bonds is 2. The average molecular weight is 270 g/mol. The third-order valence-electron chi connectivity index (χ3n) is 2.57. The Hall–Kier alpha value is -0.870. The molecule has 3 nitrogen and oxygen atoms in total. The summed E-state index contributed by atoms with van der Waals surface area (Å²) in [6.45, 7) is 0.384. The molecule has 0 aromatic heterocycles. The van der Waals surface area contributed by atoms with Crippen molar-refractivity contribution in [3.63, 3.8) is 0 Å². The van der Waals surface area contributed by atoms with Crippen LogP contribution >= 0.6 is 15.9 Å². The first-order valence-electron chi connectivity index (χ1n) is 4.92. The van der Waals surface area contributed by atoms with Crippen molar-refractivity contribution in [3.05, 3.63) is 28.2 Å². The zero-order valence-electron chi connectivity index (χ0n) is 8.24. The molecule has 1 amide bonds. The first-order valence-corrected chi connectivity index (χ1v) is 5.71. The number of β-amino-alcohol motifs (C(OH)–C–C–N with tert-alkyl or cyclic N) is 1. The van der Waals surface area contributed by atoms with E-state index >= 15 is 0 Å². The van der Waals surface area contributed by atoms with Crippen LogP contribution in [-0.2, 0) is 11.2 Å². The molecule has 15 heavy (non-hydrogen) atoms. The number of aliphatic hydroxyl groups is 1. The number of carbonyl (C=O) groups excluding carboxylic acids is 1. The van der Waals surface area contributed by atoms with Gasteiger partial charge in [0.15, 0.2) is 0 Å². The molecule has 0 fully saturated rings. The molecule has 1 aliphatic heterocycles. The quantitative estimate of drug-likeness (QED) is 0.889. The predicted octanol–water partition coefficient (Wildman–Crippen LogP) is 1.72. The molecule has 1 aromatic rings. The maximum atomic E-state index is 11.6. The summed E-state index contributed by atoms with van der Waals surface area (Å²) in [6.07, 6.45) is 1.32. The van der Waals surface area contributed by atoms with Gasteiger partial charge in [-0.1, -0.05) is 15.9 Å². The highest BCUT2D eigenvalue weighted by Crippen LogP contribution is 2.29. The lowest BCUT2D eigenvalue weighted by molar-refractivity contribution is -0.119. The van der Waals surface area contributed by atoms with Gasteiger partial charge >= 0.3 is 0 Å². The van der Waals surface area contributed by atoms with Gasteiger partial charge in [-0.2, -0.15) is 0 Å². The second-order valence-corrected chi connectivity index (χ2v) is 4.46. The second-order valence-electron chi connectivity index (χ2n) is 3.54. The smallest absolute Gasteiger partial charge is 0.227 e. The molecule has 1 aromatic carbocycles. The van der Waals surface area contributed by atoms with Gasteiger partial charge in [-0.25, -0.2) is 0 Å². The van der Waals surface area contributed by atoms with Crippen LogP contribution in [0.15, 0.2) is 22.7 Å². The van der Waals surface area contributed by atoms with Gasteiger partial charge in [0.25, 0.3) is 0 Å². The molecule has 1 aliphatic rings. The molecule has 0 saturated heterocycles. The van der Waals surface area contributed by atoms with Gasteiger partial charge in [-0.15, -0.1) is 0 Å². The second kappa shape index (κ2) is 4.33. The van der Waals surface area contributed by atoms with Gasteiger partial charge in [0.2, 0.25) is 5.91 Å². The van der Waals surface area contributed by atoms with E-state index in [0.29, 0.717) is 13.0 Å². The summed E-state index contributed by atoms with van der Waals surface area (Å²) in [6, 6.07) is 5.88. The molecule has 2 rings (SSSR count). The van der Waals surface area contributed by atoms with Gasteiger partial charge in [-0.3, -0.25) is 4.79 Å². The molecule has 0 saturated carbocycles. The van der Waals surface area contributed by atoms with Crippen LogP contribution in [0.25, 0.3) is 0 Å². The molecule has 0 spiro atoms. The fraction of sp³-hybridized carbons (Fsp3) is 0.364. The summed E-state index contributed by atoms with van der Waals surface area (Å²) in [5.74, 6) is 0.0962. The molecular formula is C11H12BrNO2. The lowest BCUT2D eigenvalue weighted by Gasteiger charge is -2.28. The van der Waals surface area contributed by atoms with Crippen molar-refractivity contribution in [1.82, 2.24) is 0 Å². The molecule has 0 atom stereocenters. The normalized spacial score (nSPS) is 15.3. The van der Waals surface area contributed by atoms with Crippen LogP contribution in [0.4, 0.5) is 5.69 Å². The molecule has 0 unspecified atom stereocenters. The molecular weight excluding hydrogens is 258 g/mol. The summed E-state index contributed by atoms with van der Waals surface area (Å²) < 4.78 is 1.03. The minimum Gasteiger partial charge on any atom is -0.395 e. The number of aryl methyl sites for hydroxylation is 1. The number of anilines is 1. The fourth-order valence-electron chi connectivity index (χ4n) is 1.87. The van der Waals surface area contributed by atoms with Crippen LogP contribution in [0.3, 0.4) is 0 Å². The monoisotopic (exact) mass is 269 g/mol. The highest BCUT2D eigenvalue weighted by molar-refractivity contribution is 9.10. The number of fused-ring (bicyclic) bond motifs is 1. The van der Waals surface area contributed by atoms with Crippen LogP contribution in [0.5, 0.6) is 0 Å². The largest absolute Gasteiger partial charge is 0.395 e. The van der Waals surface area contributed by atoms with Crippen LogP contribution in [-0.4, -0.2) is 24.2 Å². The zero-order valence-corrected chi connectivity index (χ0v) is 9.83. The number of hydrogen-bond donors (Lipinski definition) is 1. The van der Waals surface area contributed by atoms with Gasteiger partial charge in [-0.05, 0) is 30.2 Å². The summed E-state index contributed by atoms with van der Waals surface area (Å²) >= 11 is 3.41. The van der Waals surface area contributed by atoms with Crippen LogP contribution in [0, 0.1) is 0 Å². The molecule has 1 N–H and O–H groups in total. The van der Waals surface area contributed by atoms with E-state index in [2.05, 4.69) is 15.9 Å². The number of benzene rings is 1. The van der Waals surface area contributed by atoms with E-state index < -0.39 is 0 Å². The summed E-state index contributed by atoms with van der Waals surface area (Å²) in [5.41, 5.74) is 2.10. The van der Waals surface area contributed by atoms with E-state index in [4.69, 9.17) is 5.11 Å². The summed E-state index contributed by atoms with van der Waals surface area (Å²) in [5, 5.41) is 8.91. The van der Waals surface area contributed by atoms with Crippen molar-refractivity contribution in [2.24, 2.45) is 0 Å². The third kappa shape index (κ3) is 2.06. The van der Waals surface area contributed by atoms with Gasteiger partial charge in [0.1, 0.15) is 0 Å².